The number of urea groups is 1. The highest BCUT2D eigenvalue weighted by atomic mass is 32.2. The standard InChI is InChI=1S/C12H18F3N5O4S/c1-7-17-10(18-24-7)4-16-11(21)20-5-8(12(13,14)15)9(6-20)25(22,23)19(2)3/h8-9H,4-6H2,1-3H3,(H,16,21)/t8-,9-/m1/s1. The maximum atomic E-state index is 13.2. The second-order valence-electron chi connectivity index (χ2n) is 5.81. The summed E-state index contributed by atoms with van der Waals surface area (Å²) in [6.45, 7) is 0.109. The Labute approximate surface area is 142 Å². The van der Waals surface area contributed by atoms with E-state index in [4.69, 9.17) is 4.52 Å². The smallest absolute Gasteiger partial charge is 0.340 e. The van der Waals surface area contributed by atoms with E-state index in [0.717, 1.165) is 23.3 Å². The van der Waals surface area contributed by atoms with Crippen molar-refractivity contribution < 1.29 is 30.9 Å². The Morgan fingerprint density at radius 2 is 2.04 bits per heavy atom. The molecule has 0 radical (unpaired) electrons. The van der Waals surface area contributed by atoms with E-state index in [1.54, 1.807) is 6.92 Å². The summed E-state index contributed by atoms with van der Waals surface area (Å²) in [5.74, 6) is -1.72. The van der Waals surface area contributed by atoms with Gasteiger partial charge in [0.15, 0.2) is 5.82 Å². The number of halogens is 3. The van der Waals surface area contributed by atoms with Crippen molar-refractivity contribution in [1.29, 1.82) is 0 Å². The van der Waals surface area contributed by atoms with Crippen molar-refractivity contribution in [3.05, 3.63) is 11.7 Å². The Hall–Kier alpha value is -1.89. The Morgan fingerprint density at radius 3 is 2.52 bits per heavy atom. The van der Waals surface area contributed by atoms with Gasteiger partial charge in [-0.05, 0) is 0 Å². The molecule has 1 saturated heterocycles. The SMILES string of the molecule is Cc1nc(CNC(=O)N2C[C@@H](C(F)(F)F)[C@H](S(=O)(=O)N(C)C)C2)no1. The number of hydrogen-bond acceptors (Lipinski definition) is 6. The van der Waals surface area contributed by atoms with E-state index in [2.05, 4.69) is 15.5 Å². The number of carbonyl (C=O) groups excluding carboxylic acids is 1. The summed E-state index contributed by atoms with van der Waals surface area (Å²) in [4.78, 5) is 16.8. The molecule has 0 spiro atoms. The zero-order valence-electron chi connectivity index (χ0n) is 13.7. The lowest BCUT2D eigenvalue weighted by molar-refractivity contribution is -0.169. The van der Waals surface area contributed by atoms with E-state index in [0.29, 0.717) is 0 Å². The number of nitrogens with zero attached hydrogens (tertiary/aromatic N) is 4. The van der Waals surface area contributed by atoms with Crippen molar-refractivity contribution >= 4 is 16.1 Å². The molecule has 2 amide bonds. The Morgan fingerprint density at radius 1 is 1.40 bits per heavy atom. The molecule has 0 aliphatic carbocycles. The third kappa shape index (κ3) is 4.21. The average molecular weight is 385 g/mol. The van der Waals surface area contributed by atoms with Gasteiger partial charge in [0.1, 0.15) is 5.25 Å². The van der Waals surface area contributed by atoms with Crippen LogP contribution < -0.4 is 5.32 Å². The lowest BCUT2D eigenvalue weighted by atomic mass is 10.1. The predicted molar refractivity (Wildman–Crippen MR) is 78.8 cm³/mol. The molecule has 0 bridgehead atoms. The minimum absolute atomic E-state index is 0.144. The molecule has 2 rings (SSSR count). The van der Waals surface area contributed by atoms with Gasteiger partial charge in [-0.3, -0.25) is 0 Å². The number of carbonyl (C=O) groups is 1. The Bertz CT molecular complexity index is 733. The van der Waals surface area contributed by atoms with Gasteiger partial charge in [0.05, 0.1) is 12.5 Å². The molecule has 1 aliphatic heterocycles. The monoisotopic (exact) mass is 385 g/mol. The highest BCUT2D eigenvalue weighted by Gasteiger charge is 2.55. The lowest BCUT2D eigenvalue weighted by Gasteiger charge is -2.23. The van der Waals surface area contributed by atoms with E-state index in [-0.39, 0.29) is 18.3 Å². The average Bonchev–Trinajstić information content (AvgIpc) is 3.10. The van der Waals surface area contributed by atoms with Crippen molar-refractivity contribution in [2.24, 2.45) is 5.92 Å². The molecule has 1 aliphatic rings. The van der Waals surface area contributed by atoms with Gasteiger partial charge in [-0.15, -0.1) is 0 Å². The van der Waals surface area contributed by atoms with E-state index < -0.39 is 46.5 Å². The fraction of sp³-hybridized carbons (Fsp3) is 0.750. The van der Waals surface area contributed by atoms with Crippen LogP contribution in [-0.4, -0.2) is 72.4 Å². The fourth-order valence-electron chi connectivity index (χ4n) is 2.51. The van der Waals surface area contributed by atoms with Gasteiger partial charge in [0, 0.05) is 34.1 Å². The first-order valence-corrected chi connectivity index (χ1v) is 8.73. The number of alkyl halides is 3. The van der Waals surface area contributed by atoms with Crippen LogP contribution in [-0.2, 0) is 16.6 Å². The molecular weight excluding hydrogens is 367 g/mol. The number of aromatic nitrogens is 2. The third-order valence-corrected chi connectivity index (χ3v) is 6.09. The van der Waals surface area contributed by atoms with E-state index >= 15 is 0 Å². The Kier molecular flexibility index (Phi) is 5.27. The molecule has 1 fully saturated rings. The van der Waals surface area contributed by atoms with Crippen LogP contribution in [0.15, 0.2) is 4.52 Å². The molecule has 0 unspecified atom stereocenters. The predicted octanol–water partition coefficient (Wildman–Crippen LogP) is 0.342. The molecule has 0 aromatic carbocycles. The molecule has 1 aromatic rings. The van der Waals surface area contributed by atoms with Crippen molar-refractivity contribution in [1.82, 2.24) is 24.7 Å². The molecule has 9 nitrogen and oxygen atoms in total. The fourth-order valence-corrected chi connectivity index (χ4v) is 4.07. The molecule has 142 valence electrons. The van der Waals surface area contributed by atoms with Gasteiger partial charge in [-0.25, -0.2) is 17.5 Å². The molecule has 2 heterocycles. The van der Waals surface area contributed by atoms with Crippen molar-refractivity contribution in [3.8, 4) is 0 Å². The van der Waals surface area contributed by atoms with Crippen molar-refractivity contribution in [2.75, 3.05) is 27.2 Å². The number of likely N-dealkylation sites (tertiary alicyclic amines) is 1. The van der Waals surface area contributed by atoms with Crippen molar-refractivity contribution in [2.45, 2.75) is 24.9 Å². The second kappa shape index (κ2) is 6.78. The van der Waals surface area contributed by atoms with E-state index in [1.807, 2.05) is 0 Å². The van der Waals surface area contributed by atoms with Crippen LogP contribution in [0.1, 0.15) is 11.7 Å². The van der Waals surface area contributed by atoms with Crippen LogP contribution in [0, 0.1) is 12.8 Å². The number of sulfonamides is 1. The molecule has 25 heavy (non-hydrogen) atoms. The summed E-state index contributed by atoms with van der Waals surface area (Å²) >= 11 is 0. The van der Waals surface area contributed by atoms with Crippen LogP contribution in [0.3, 0.4) is 0 Å². The molecule has 2 atom stereocenters. The summed E-state index contributed by atoms with van der Waals surface area (Å²) in [6.07, 6.45) is -4.74. The third-order valence-electron chi connectivity index (χ3n) is 3.83. The summed E-state index contributed by atoms with van der Waals surface area (Å²) in [5, 5.41) is 4.15. The summed E-state index contributed by atoms with van der Waals surface area (Å²) in [7, 11) is -1.87. The number of hydrogen-bond donors (Lipinski definition) is 1. The minimum atomic E-state index is -4.74. The zero-order chi connectivity index (χ0) is 19.0. The normalized spacial score (nSPS) is 21.8. The van der Waals surface area contributed by atoms with Gasteiger partial charge in [-0.2, -0.15) is 18.2 Å². The van der Waals surface area contributed by atoms with E-state index in [9.17, 15) is 26.4 Å². The summed E-state index contributed by atoms with van der Waals surface area (Å²) in [5.41, 5.74) is 0. The largest absolute Gasteiger partial charge is 0.394 e. The highest BCUT2D eigenvalue weighted by Crippen LogP contribution is 2.37. The van der Waals surface area contributed by atoms with Gasteiger partial charge in [0.2, 0.25) is 15.9 Å². The van der Waals surface area contributed by atoms with E-state index in [1.165, 1.54) is 0 Å². The van der Waals surface area contributed by atoms with Gasteiger partial charge < -0.3 is 14.7 Å². The van der Waals surface area contributed by atoms with Crippen LogP contribution >= 0.6 is 0 Å². The molecule has 1 aromatic heterocycles. The quantitative estimate of drug-likeness (QED) is 0.801. The first-order chi connectivity index (χ1) is 11.4. The lowest BCUT2D eigenvalue weighted by Crippen LogP contribution is -2.43. The second-order valence-corrected chi connectivity index (χ2v) is 8.17. The van der Waals surface area contributed by atoms with Gasteiger partial charge in [0.25, 0.3) is 0 Å². The van der Waals surface area contributed by atoms with Crippen LogP contribution in [0.5, 0.6) is 0 Å². The number of aryl methyl sites for hydroxylation is 1. The topological polar surface area (TPSA) is 109 Å². The van der Waals surface area contributed by atoms with Gasteiger partial charge in [-0.1, -0.05) is 5.16 Å². The molecule has 1 N–H and O–H groups in total. The number of amides is 2. The first kappa shape index (κ1) is 19.4. The maximum Gasteiger partial charge on any atom is 0.394 e. The number of nitrogens with one attached hydrogen (secondary N) is 1. The first-order valence-electron chi connectivity index (χ1n) is 7.23. The zero-order valence-corrected chi connectivity index (χ0v) is 14.6. The van der Waals surface area contributed by atoms with Crippen LogP contribution in [0.2, 0.25) is 0 Å². The summed E-state index contributed by atoms with van der Waals surface area (Å²) < 4.78 is 69.5. The van der Waals surface area contributed by atoms with Gasteiger partial charge >= 0.3 is 12.2 Å². The minimum Gasteiger partial charge on any atom is -0.340 e. The summed E-state index contributed by atoms with van der Waals surface area (Å²) in [6, 6.07) is -0.826. The van der Waals surface area contributed by atoms with Crippen molar-refractivity contribution in [3.63, 3.8) is 0 Å². The molecular formula is C12H18F3N5O4S. The molecule has 13 heteroatoms. The van der Waals surface area contributed by atoms with Crippen LogP contribution in [0.25, 0.3) is 0 Å². The maximum absolute atomic E-state index is 13.2. The number of rotatable bonds is 4. The Balaban J connectivity index is 2.11. The highest BCUT2D eigenvalue weighted by molar-refractivity contribution is 7.89. The molecule has 0 saturated carbocycles. The van der Waals surface area contributed by atoms with Crippen LogP contribution in [0.4, 0.5) is 18.0 Å².